The van der Waals surface area contributed by atoms with Gasteiger partial charge in [-0.25, -0.2) is 0 Å². The third kappa shape index (κ3) is 4.98. The molecule has 2 rings (SSSR count). The largest absolute Gasteiger partial charge is 0.483 e. The van der Waals surface area contributed by atoms with Crippen LogP contribution in [0.5, 0.6) is 5.75 Å². The number of carbonyl (C=O) groups excluding carboxylic acids is 2. The van der Waals surface area contributed by atoms with E-state index in [4.69, 9.17) is 4.74 Å². The van der Waals surface area contributed by atoms with E-state index in [1.165, 1.54) is 19.3 Å². The van der Waals surface area contributed by atoms with E-state index in [1.807, 2.05) is 26.0 Å². The summed E-state index contributed by atoms with van der Waals surface area (Å²) in [6, 6.07) is 5.66. The molecule has 5 nitrogen and oxygen atoms in total. The molecule has 0 aromatic heterocycles. The van der Waals surface area contributed by atoms with E-state index < -0.39 is 0 Å². The van der Waals surface area contributed by atoms with Crippen molar-refractivity contribution in [1.29, 1.82) is 0 Å². The molecule has 0 saturated heterocycles. The van der Waals surface area contributed by atoms with Gasteiger partial charge in [0.2, 0.25) is 0 Å². The zero-order valence-electron chi connectivity index (χ0n) is 14.0. The van der Waals surface area contributed by atoms with Gasteiger partial charge in [0, 0.05) is 12.6 Å². The minimum atomic E-state index is -0.182. The number of ether oxygens (including phenoxy) is 1. The van der Waals surface area contributed by atoms with Crippen molar-refractivity contribution < 1.29 is 14.3 Å². The third-order valence-electron chi connectivity index (χ3n) is 4.11. The Morgan fingerprint density at radius 3 is 2.65 bits per heavy atom. The van der Waals surface area contributed by atoms with Gasteiger partial charge in [-0.2, -0.15) is 0 Å². The summed E-state index contributed by atoms with van der Waals surface area (Å²) in [4.78, 5) is 24.2. The first-order valence-corrected chi connectivity index (χ1v) is 8.41. The average molecular weight is 318 g/mol. The molecule has 1 aromatic rings. The lowest BCUT2D eigenvalue weighted by Crippen LogP contribution is -2.39. The zero-order chi connectivity index (χ0) is 16.7. The smallest absolute Gasteiger partial charge is 0.258 e. The molecule has 0 radical (unpaired) electrons. The van der Waals surface area contributed by atoms with E-state index in [0.717, 1.165) is 18.4 Å². The SMILES string of the molecule is CCNC(=O)c1cccc(C)c1OCC(=O)NC1CCCCC1. The quantitative estimate of drug-likeness (QED) is 0.847. The number of amides is 2. The number of hydrogen-bond donors (Lipinski definition) is 2. The number of benzene rings is 1. The van der Waals surface area contributed by atoms with Crippen molar-refractivity contribution in [2.24, 2.45) is 0 Å². The second kappa shape index (κ2) is 8.56. The summed E-state index contributed by atoms with van der Waals surface area (Å²) in [6.45, 7) is 4.23. The van der Waals surface area contributed by atoms with Crippen molar-refractivity contribution in [3.8, 4) is 5.75 Å². The van der Waals surface area contributed by atoms with Crippen molar-refractivity contribution in [2.75, 3.05) is 13.2 Å². The van der Waals surface area contributed by atoms with Crippen LogP contribution in [0.3, 0.4) is 0 Å². The first kappa shape index (κ1) is 17.3. The molecule has 0 heterocycles. The minimum Gasteiger partial charge on any atom is -0.483 e. The molecule has 1 fully saturated rings. The minimum absolute atomic E-state index is 0.0617. The Kier molecular flexibility index (Phi) is 6.44. The van der Waals surface area contributed by atoms with E-state index in [-0.39, 0.29) is 24.5 Å². The fourth-order valence-electron chi connectivity index (χ4n) is 2.93. The van der Waals surface area contributed by atoms with Crippen LogP contribution >= 0.6 is 0 Å². The van der Waals surface area contributed by atoms with Gasteiger partial charge in [-0.1, -0.05) is 31.4 Å². The fourth-order valence-corrected chi connectivity index (χ4v) is 2.93. The van der Waals surface area contributed by atoms with Gasteiger partial charge >= 0.3 is 0 Å². The molecule has 0 spiro atoms. The Morgan fingerprint density at radius 2 is 1.96 bits per heavy atom. The molecule has 1 saturated carbocycles. The highest BCUT2D eigenvalue weighted by Gasteiger charge is 2.18. The Balaban J connectivity index is 1.96. The van der Waals surface area contributed by atoms with Crippen LogP contribution in [0, 0.1) is 6.92 Å². The monoisotopic (exact) mass is 318 g/mol. The Bertz CT molecular complexity index is 551. The van der Waals surface area contributed by atoms with Crippen LogP contribution in [0.15, 0.2) is 18.2 Å². The van der Waals surface area contributed by atoms with Crippen molar-refractivity contribution in [3.05, 3.63) is 29.3 Å². The number of aryl methyl sites for hydroxylation is 1. The van der Waals surface area contributed by atoms with Gasteiger partial charge in [-0.3, -0.25) is 9.59 Å². The number of rotatable bonds is 6. The summed E-state index contributed by atoms with van der Waals surface area (Å²) < 4.78 is 5.67. The Hall–Kier alpha value is -2.04. The summed E-state index contributed by atoms with van der Waals surface area (Å²) in [5.41, 5.74) is 1.32. The van der Waals surface area contributed by atoms with Crippen LogP contribution in [-0.4, -0.2) is 31.0 Å². The zero-order valence-corrected chi connectivity index (χ0v) is 14.0. The topological polar surface area (TPSA) is 67.4 Å². The van der Waals surface area contributed by atoms with Gasteiger partial charge in [0.25, 0.3) is 11.8 Å². The highest BCUT2D eigenvalue weighted by molar-refractivity contribution is 5.97. The van der Waals surface area contributed by atoms with Crippen LogP contribution < -0.4 is 15.4 Å². The number of hydrogen-bond acceptors (Lipinski definition) is 3. The molecule has 1 aromatic carbocycles. The van der Waals surface area contributed by atoms with Crippen molar-refractivity contribution in [3.63, 3.8) is 0 Å². The van der Waals surface area contributed by atoms with Crippen molar-refractivity contribution in [2.45, 2.75) is 52.0 Å². The van der Waals surface area contributed by atoms with E-state index in [1.54, 1.807) is 6.07 Å². The molecule has 2 amide bonds. The number of para-hydroxylation sites is 1. The lowest BCUT2D eigenvalue weighted by atomic mass is 9.95. The first-order valence-electron chi connectivity index (χ1n) is 8.41. The van der Waals surface area contributed by atoms with E-state index in [2.05, 4.69) is 10.6 Å². The molecule has 126 valence electrons. The highest BCUT2D eigenvalue weighted by atomic mass is 16.5. The lowest BCUT2D eigenvalue weighted by molar-refractivity contribution is -0.124. The molecule has 0 unspecified atom stereocenters. The lowest BCUT2D eigenvalue weighted by Gasteiger charge is -2.23. The Labute approximate surface area is 137 Å². The summed E-state index contributed by atoms with van der Waals surface area (Å²) in [5.74, 6) is 0.179. The molecule has 1 aliphatic rings. The molecule has 1 aliphatic carbocycles. The number of nitrogens with one attached hydrogen (secondary N) is 2. The molecular formula is C18H26N2O3. The van der Waals surface area contributed by atoms with Gasteiger partial charge in [0.15, 0.2) is 6.61 Å². The summed E-state index contributed by atoms with van der Waals surface area (Å²) in [6.07, 6.45) is 5.68. The van der Waals surface area contributed by atoms with E-state index in [9.17, 15) is 9.59 Å². The highest BCUT2D eigenvalue weighted by Crippen LogP contribution is 2.23. The van der Waals surface area contributed by atoms with Crippen molar-refractivity contribution >= 4 is 11.8 Å². The van der Waals surface area contributed by atoms with Crippen LogP contribution in [0.25, 0.3) is 0 Å². The predicted octanol–water partition coefficient (Wildman–Crippen LogP) is 2.57. The normalized spacial score (nSPS) is 15.0. The molecular weight excluding hydrogens is 292 g/mol. The summed E-state index contributed by atoms with van der Waals surface area (Å²) in [7, 11) is 0. The first-order chi connectivity index (χ1) is 11.1. The molecule has 23 heavy (non-hydrogen) atoms. The molecule has 0 aliphatic heterocycles. The van der Waals surface area contributed by atoms with Gasteiger partial charge in [0.1, 0.15) is 5.75 Å². The standard InChI is InChI=1S/C18H26N2O3/c1-3-19-18(22)15-11-7-8-13(2)17(15)23-12-16(21)20-14-9-5-4-6-10-14/h7-8,11,14H,3-6,9-10,12H2,1-2H3,(H,19,22)(H,20,21). The van der Waals surface area contributed by atoms with E-state index >= 15 is 0 Å². The maximum absolute atomic E-state index is 12.1. The molecule has 0 bridgehead atoms. The van der Waals surface area contributed by atoms with Gasteiger partial charge in [0.05, 0.1) is 5.56 Å². The Morgan fingerprint density at radius 1 is 1.22 bits per heavy atom. The van der Waals surface area contributed by atoms with Crippen molar-refractivity contribution in [1.82, 2.24) is 10.6 Å². The predicted molar refractivity (Wildman–Crippen MR) is 89.7 cm³/mol. The van der Waals surface area contributed by atoms with Crippen LogP contribution in [0.2, 0.25) is 0 Å². The third-order valence-corrected chi connectivity index (χ3v) is 4.11. The second-order valence-electron chi connectivity index (χ2n) is 6.00. The maximum Gasteiger partial charge on any atom is 0.258 e. The van der Waals surface area contributed by atoms with Crippen LogP contribution in [0.1, 0.15) is 54.9 Å². The van der Waals surface area contributed by atoms with Gasteiger partial charge in [-0.05, 0) is 38.3 Å². The summed E-state index contributed by atoms with van der Waals surface area (Å²) in [5, 5.41) is 5.78. The fraction of sp³-hybridized carbons (Fsp3) is 0.556. The van der Waals surface area contributed by atoms with Crippen LogP contribution in [-0.2, 0) is 4.79 Å². The van der Waals surface area contributed by atoms with Gasteiger partial charge < -0.3 is 15.4 Å². The average Bonchev–Trinajstić information content (AvgIpc) is 2.54. The van der Waals surface area contributed by atoms with E-state index in [0.29, 0.717) is 17.9 Å². The van der Waals surface area contributed by atoms with Gasteiger partial charge in [-0.15, -0.1) is 0 Å². The second-order valence-corrected chi connectivity index (χ2v) is 6.00. The summed E-state index contributed by atoms with van der Waals surface area (Å²) >= 11 is 0. The molecule has 2 N–H and O–H groups in total. The molecule has 0 atom stereocenters. The van der Waals surface area contributed by atoms with Crippen LogP contribution in [0.4, 0.5) is 0 Å². The molecule has 5 heteroatoms. The number of carbonyl (C=O) groups is 2. The maximum atomic E-state index is 12.1.